The first kappa shape index (κ1) is 30.5. The number of aryl methyl sites for hydroxylation is 1. The van der Waals surface area contributed by atoms with Gasteiger partial charge in [-0.2, -0.15) is 13.2 Å². The standard InChI is InChI=1S/C30H35F3N8O/c1-19-7-8-22(14-25(19)39-28(11-20(2)34)40(4)27-16-26(35-3)36-18-37-27)29(42)38-24-13-21(17-41-9-5-6-10-41)12-23(15-24)30(31,32)33/h7-8,11-16,18H,5-6,9-10,17,34H2,1-4H3,(H,38,42)(H,35,36,37). The van der Waals surface area contributed by atoms with E-state index in [2.05, 4.69) is 25.5 Å². The van der Waals surface area contributed by atoms with Crippen LogP contribution in [0.2, 0.25) is 0 Å². The van der Waals surface area contributed by atoms with E-state index in [0.29, 0.717) is 41.0 Å². The molecule has 1 amide bonds. The Morgan fingerprint density at radius 2 is 1.88 bits per heavy atom. The summed E-state index contributed by atoms with van der Waals surface area (Å²) in [5.41, 5.74) is 7.79. The number of hydrogen-bond acceptors (Lipinski definition) is 7. The fourth-order valence-corrected chi connectivity index (χ4v) is 4.61. The molecular weight excluding hydrogens is 545 g/mol. The number of carbonyl (C=O) groups excluding carboxylic acids is 1. The Bertz CT molecular complexity index is 1490. The second-order valence-electron chi connectivity index (χ2n) is 10.3. The number of nitrogens with two attached hydrogens (primary N) is 1. The highest BCUT2D eigenvalue weighted by atomic mass is 19.4. The van der Waals surface area contributed by atoms with Crippen molar-refractivity contribution < 1.29 is 18.0 Å². The number of aromatic nitrogens is 2. The van der Waals surface area contributed by atoms with Crippen LogP contribution in [0.5, 0.6) is 0 Å². The van der Waals surface area contributed by atoms with Crippen molar-refractivity contribution in [3.63, 3.8) is 0 Å². The molecule has 1 aliphatic heterocycles. The summed E-state index contributed by atoms with van der Waals surface area (Å²) in [5.74, 6) is 1.09. The zero-order valence-corrected chi connectivity index (χ0v) is 24.1. The monoisotopic (exact) mass is 580 g/mol. The fraction of sp³-hybridized carbons (Fsp3) is 0.333. The largest absolute Gasteiger partial charge is 0.416 e. The average Bonchev–Trinajstić information content (AvgIpc) is 3.45. The third-order valence-electron chi connectivity index (χ3n) is 6.84. The number of rotatable bonds is 8. The lowest BCUT2D eigenvalue weighted by molar-refractivity contribution is -0.137. The minimum Gasteiger partial charge on any atom is -0.402 e. The van der Waals surface area contributed by atoms with Crippen LogP contribution >= 0.6 is 0 Å². The van der Waals surface area contributed by atoms with Gasteiger partial charge in [-0.05, 0) is 87.3 Å². The molecule has 0 aliphatic carbocycles. The summed E-state index contributed by atoms with van der Waals surface area (Å²) in [5, 5.41) is 5.62. The number of anilines is 3. The summed E-state index contributed by atoms with van der Waals surface area (Å²) in [6.45, 7) is 5.65. The van der Waals surface area contributed by atoms with Crippen LogP contribution in [0.15, 0.2) is 65.6 Å². The predicted octanol–water partition coefficient (Wildman–Crippen LogP) is 5.72. The molecule has 12 heteroatoms. The number of amides is 1. The normalized spacial score (nSPS) is 14.6. The molecule has 3 aromatic rings. The van der Waals surface area contributed by atoms with E-state index >= 15 is 0 Å². The molecule has 4 rings (SSSR count). The van der Waals surface area contributed by atoms with E-state index in [1.54, 1.807) is 62.3 Å². The SMILES string of the molecule is CNc1cc(N(C)C(C=C(C)N)=Nc2cc(C(=O)Nc3cc(CN4CCCC4)cc(C(F)(F)F)c3)ccc2C)ncn1. The molecule has 0 spiro atoms. The quantitative estimate of drug-likeness (QED) is 0.231. The van der Waals surface area contributed by atoms with Crippen molar-refractivity contribution in [2.45, 2.75) is 39.4 Å². The van der Waals surface area contributed by atoms with Crippen molar-refractivity contribution >= 4 is 34.8 Å². The molecule has 4 N–H and O–H groups in total. The Hall–Kier alpha value is -4.45. The Morgan fingerprint density at radius 3 is 2.55 bits per heavy atom. The van der Waals surface area contributed by atoms with Crippen LogP contribution < -0.4 is 21.3 Å². The molecule has 1 saturated heterocycles. The first-order valence-electron chi connectivity index (χ1n) is 13.5. The van der Waals surface area contributed by atoms with Gasteiger partial charge in [-0.15, -0.1) is 0 Å². The van der Waals surface area contributed by atoms with Crippen molar-refractivity contribution in [2.24, 2.45) is 10.7 Å². The third-order valence-corrected chi connectivity index (χ3v) is 6.84. The molecule has 2 aromatic carbocycles. The average molecular weight is 581 g/mol. The molecule has 0 radical (unpaired) electrons. The Kier molecular flexibility index (Phi) is 9.46. The van der Waals surface area contributed by atoms with Gasteiger partial charge in [0.15, 0.2) is 0 Å². The molecule has 0 unspecified atom stereocenters. The van der Waals surface area contributed by atoms with Crippen LogP contribution in [0.1, 0.15) is 46.8 Å². The van der Waals surface area contributed by atoms with E-state index < -0.39 is 17.6 Å². The van der Waals surface area contributed by atoms with Gasteiger partial charge in [0.1, 0.15) is 23.8 Å². The van der Waals surface area contributed by atoms with E-state index in [0.717, 1.165) is 43.6 Å². The maximum Gasteiger partial charge on any atom is 0.416 e. The van der Waals surface area contributed by atoms with Gasteiger partial charge in [0, 0.05) is 43.7 Å². The van der Waals surface area contributed by atoms with E-state index in [1.165, 1.54) is 6.33 Å². The van der Waals surface area contributed by atoms with Crippen LogP contribution in [0.4, 0.5) is 36.2 Å². The molecule has 0 bridgehead atoms. The molecule has 42 heavy (non-hydrogen) atoms. The predicted molar refractivity (Wildman–Crippen MR) is 160 cm³/mol. The molecule has 222 valence electrons. The van der Waals surface area contributed by atoms with E-state index in [-0.39, 0.29) is 11.3 Å². The van der Waals surface area contributed by atoms with Crippen LogP contribution in [0, 0.1) is 6.92 Å². The molecule has 9 nitrogen and oxygen atoms in total. The number of benzene rings is 2. The second kappa shape index (κ2) is 13.0. The van der Waals surface area contributed by atoms with E-state index in [1.807, 2.05) is 6.92 Å². The third kappa shape index (κ3) is 7.84. The smallest absolute Gasteiger partial charge is 0.402 e. The highest BCUT2D eigenvalue weighted by Gasteiger charge is 2.31. The molecule has 0 saturated carbocycles. The van der Waals surface area contributed by atoms with Gasteiger partial charge in [0.25, 0.3) is 5.91 Å². The van der Waals surface area contributed by atoms with Gasteiger partial charge in [0.2, 0.25) is 0 Å². The highest BCUT2D eigenvalue weighted by molar-refractivity contribution is 6.08. The summed E-state index contributed by atoms with van der Waals surface area (Å²) in [6.07, 6.45) is 0.609. The number of carbonyl (C=O) groups is 1. The number of likely N-dealkylation sites (tertiary alicyclic amines) is 1. The number of nitrogens with zero attached hydrogens (tertiary/aromatic N) is 5. The van der Waals surface area contributed by atoms with Crippen LogP contribution in [-0.2, 0) is 12.7 Å². The van der Waals surface area contributed by atoms with Crippen LogP contribution in [0.3, 0.4) is 0 Å². The number of halogens is 3. The number of likely N-dealkylation sites (N-methyl/N-ethyl adjacent to an activating group) is 1. The van der Waals surface area contributed by atoms with Crippen molar-refractivity contribution in [1.29, 1.82) is 0 Å². The Balaban J connectivity index is 1.64. The summed E-state index contributed by atoms with van der Waals surface area (Å²) in [6, 6.07) is 10.4. The number of nitrogens with one attached hydrogen (secondary N) is 2. The van der Waals surface area contributed by atoms with Gasteiger partial charge in [-0.3, -0.25) is 9.69 Å². The maximum atomic E-state index is 13.7. The second-order valence-corrected chi connectivity index (χ2v) is 10.3. The molecule has 1 aromatic heterocycles. The molecule has 1 fully saturated rings. The lowest BCUT2D eigenvalue weighted by atomic mass is 10.1. The minimum absolute atomic E-state index is 0.0841. The van der Waals surface area contributed by atoms with E-state index in [4.69, 9.17) is 10.7 Å². The summed E-state index contributed by atoms with van der Waals surface area (Å²) < 4.78 is 41.1. The first-order valence-corrected chi connectivity index (χ1v) is 13.5. The Labute approximate surface area is 243 Å². The number of aliphatic imine (C=N–C) groups is 1. The number of hydrogen-bond donors (Lipinski definition) is 3. The number of alkyl halides is 3. The number of amidine groups is 1. The topological polar surface area (TPSA) is 112 Å². The lowest BCUT2D eigenvalue weighted by Gasteiger charge is -2.19. The van der Waals surface area contributed by atoms with Gasteiger partial charge < -0.3 is 21.3 Å². The van der Waals surface area contributed by atoms with Gasteiger partial charge in [-0.25, -0.2) is 15.0 Å². The number of allylic oxidation sites excluding steroid dienone is 1. The van der Waals surface area contributed by atoms with Crippen molar-refractivity contribution in [3.05, 3.63) is 82.8 Å². The molecule has 1 aliphatic rings. The van der Waals surface area contributed by atoms with Crippen molar-refractivity contribution in [1.82, 2.24) is 14.9 Å². The minimum atomic E-state index is -4.54. The fourth-order valence-electron chi connectivity index (χ4n) is 4.61. The van der Waals surface area contributed by atoms with Gasteiger partial charge in [-0.1, -0.05) is 6.07 Å². The van der Waals surface area contributed by atoms with Gasteiger partial charge in [0.05, 0.1) is 11.3 Å². The van der Waals surface area contributed by atoms with Gasteiger partial charge >= 0.3 is 6.18 Å². The highest BCUT2D eigenvalue weighted by Crippen LogP contribution is 2.33. The first-order chi connectivity index (χ1) is 19.9. The van der Waals surface area contributed by atoms with Crippen LogP contribution in [0.25, 0.3) is 0 Å². The maximum absolute atomic E-state index is 13.7. The lowest BCUT2D eigenvalue weighted by Crippen LogP contribution is -2.26. The summed E-state index contributed by atoms with van der Waals surface area (Å²) in [7, 11) is 3.53. The van der Waals surface area contributed by atoms with E-state index in [9.17, 15) is 18.0 Å². The Morgan fingerprint density at radius 1 is 1.14 bits per heavy atom. The molecular formula is C30H35F3N8O. The zero-order valence-electron chi connectivity index (χ0n) is 24.1. The van der Waals surface area contributed by atoms with Crippen molar-refractivity contribution in [3.8, 4) is 0 Å². The summed E-state index contributed by atoms with van der Waals surface area (Å²) >= 11 is 0. The van der Waals surface area contributed by atoms with Crippen LogP contribution in [-0.4, -0.2) is 53.8 Å². The molecule has 0 atom stereocenters. The van der Waals surface area contributed by atoms with Crippen molar-refractivity contribution in [2.75, 3.05) is 42.7 Å². The summed E-state index contributed by atoms with van der Waals surface area (Å²) in [4.78, 5) is 30.3. The molecule has 2 heterocycles. The zero-order chi connectivity index (χ0) is 30.4.